The minimum Gasteiger partial charge on any atom is -0.361 e. The monoisotopic (exact) mass is 437 g/mol. The molecule has 1 amide bonds. The third-order valence-corrected chi connectivity index (χ3v) is 6.43. The number of amides is 1. The number of H-pyrrole nitrogens is 1. The molecule has 0 unspecified atom stereocenters. The van der Waals surface area contributed by atoms with Gasteiger partial charge in [0.05, 0.1) is 10.6 Å². The second-order valence-electron chi connectivity index (χ2n) is 7.92. The highest BCUT2D eigenvalue weighted by atomic mass is 35.5. The number of piperidine rings is 1. The van der Waals surface area contributed by atoms with E-state index in [4.69, 9.17) is 16.1 Å². The fourth-order valence-electron chi connectivity index (χ4n) is 4.50. The molecule has 1 aliphatic rings. The lowest BCUT2D eigenvalue weighted by atomic mass is 9.89. The summed E-state index contributed by atoms with van der Waals surface area (Å²) < 4.78 is 19.7. The zero-order valence-electron chi connectivity index (χ0n) is 17.0. The van der Waals surface area contributed by atoms with Gasteiger partial charge in [0.2, 0.25) is 0 Å². The highest BCUT2D eigenvalue weighted by Gasteiger charge is 2.31. The van der Waals surface area contributed by atoms with E-state index in [9.17, 15) is 9.18 Å². The molecular weight excluding hydrogens is 417 g/mol. The lowest BCUT2D eigenvalue weighted by molar-refractivity contribution is 0.0712. The second-order valence-corrected chi connectivity index (χ2v) is 8.32. The van der Waals surface area contributed by atoms with Crippen LogP contribution in [0.5, 0.6) is 0 Å². The van der Waals surface area contributed by atoms with E-state index in [0.29, 0.717) is 24.8 Å². The van der Waals surface area contributed by atoms with Gasteiger partial charge < -0.3 is 14.4 Å². The summed E-state index contributed by atoms with van der Waals surface area (Å²) in [5.41, 5.74) is 2.95. The van der Waals surface area contributed by atoms with Gasteiger partial charge in [-0.3, -0.25) is 4.79 Å². The molecule has 3 heterocycles. The van der Waals surface area contributed by atoms with Crippen LogP contribution in [-0.4, -0.2) is 34.0 Å². The van der Waals surface area contributed by atoms with Gasteiger partial charge in [-0.15, -0.1) is 0 Å². The molecule has 31 heavy (non-hydrogen) atoms. The van der Waals surface area contributed by atoms with E-state index in [1.54, 1.807) is 17.9 Å². The fraction of sp³-hybridized carbons (Fsp3) is 0.250. The molecule has 5 rings (SSSR count). The first-order valence-corrected chi connectivity index (χ1v) is 10.7. The summed E-state index contributed by atoms with van der Waals surface area (Å²) in [6, 6.07) is 12.7. The molecule has 0 aliphatic carbocycles. The Labute approximate surface area is 183 Å². The summed E-state index contributed by atoms with van der Waals surface area (Å²) in [5, 5.41) is 5.39. The van der Waals surface area contributed by atoms with Crippen LogP contribution in [0.2, 0.25) is 5.02 Å². The maximum Gasteiger partial charge on any atom is 0.259 e. The Morgan fingerprint density at radius 3 is 2.74 bits per heavy atom. The number of rotatable bonds is 3. The predicted molar refractivity (Wildman–Crippen MR) is 118 cm³/mol. The van der Waals surface area contributed by atoms with Gasteiger partial charge >= 0.3 is 0 Å². The largest absolute Gasteiger partial charge is 0.361 e. The molecule has 7 heteroatoms. The number of aromatic amines is 1. The highest BCUT2D eigenvalue weighted by molar-refractivity contribution is 6.33. The van der Waals surface area contributed by atoms with E-state index in [1.165, 1.54) is 23.1 Å². The van der Waals surface area contributed by atoms with Crippen molar-refractivity contribution in [1.82, 2.24) is 15.0 Å². The molecule has 0 saturated carbocycles. The van der Waals surface area contributed by atoms with Gasteiger partial charge in [-0.1, -0.05) is 41.0 Å². The minimum atomic E-state index is -0.534. The Balaban J connectivity index is 1.39. The summed E-state index contributed by atoms with van der Waals surface area (Å²) in [6.45, 7) is 2.88. The van der Waals surface area contributed by atoms with E-state index in [0.717, 1.165) is 18.4 Å². The molecule has 0 bridgehead atoms. The number of fused-ring (bicyclic) bond motifs is 1. The number of halogens is 2. The maximum absolute atomic E-state index is 14.5. The van der Waals surface area contributed by atoms with Gasteiger partial charge in [-0.25, -0.2) is 4.39 Å². The normalized spacial score (nSPS) is 15.0. The van der Waals surface area contributed by atoms with Gasteiger partial charge in [-0.05, 0) is 49.4 Å². The summed E-state index contributed by atoms with van der Waals surface area (Å²) in [7, 11) is 0. The van der Waals surface area contributed by atoms with E-state index < -0.39 is 5.82 Å². The molecule has 0 atom stereocenters. The number of carbonyl (C=O) groups is 1. The van der Waals surface area contributed by atoms with E-state index in [-0.39, 0.29) is 27.8 Å². The standard InChI is InChI=1S/C24H21ClFN3O2/c1-14-21(23(28-31-14)22-18(25)6-4-7-19(22)26)24(30)29-11-9-15(10-12-29)17-13-27-20-8-3-2-5-16(17)20/h2-8,13,15,27H,9-12H2,1H3. The molecule has 2 aromatic heterocycles. The Hall–Kier alpha value is -3.12. The van der Waals surface area contributed by atoms with E-state index in [2.05, 4.69) is 28.5 Å². The van der Waals surface area contributed by atoms with E-state index >= 15 is 0 Å². The van der Waals surface area contributed by atoms with Gasteiger partial charge in [-0.2, -0.15) is 0 Å². The number of likely N-dealkylation sites (tertiary alicyclic amines) is 1. The average molecular weight is 438 g/mol. The molecule has 5 nitrogen and oxygen atoms in total. The van der Waals surface area contributed by atoms with Crippen LogP contribution >= 0.6 is 11.6 Å². The van der Waals surface area contributed by atoms with Crippen molar-refractivity contribution in [3.8, 4) is 11.3 Å². The number of benzene rings is 2. The smallest absolute Gasteiger partial charge is 0.259 e. The molecule has 2 aromatic carbocycles. The first kappa shape index (κ1) is 19.8. The first-order valence-electron chi connectivity index (χ1n) is 10.3. The van der Waals surface area contributed by atoms with Crippen LogP contribution in [0.25, 0.3) is 22.2 Å². The van der Waals surface area contributed by atoms with Gasteiger partial charge in [0.15, 0.2) is 0 Å². The van der Waals surface area contributed by atoms with Crippen molar-refractivity contribution in [2.45, 2.75) is 25.7 Å². The van der Waals surface area contributed by atoms with Crippen molar-refractivity contribution >= 4 is 28.4 Å². The van der Waals surface area contributed by atoms with Crippen LogP contribution in [0.4, 0.5) is 4.39 Å². The molecule has 1 saturated heterocycles. The van der Waals surface area contributed by atoms with Gasteiger partial charge in [0, 0.05) is 30.2 Å². The van der Waals surface area contributed by atoms with Gasteiger partial charge in [0.1, 0.15) is 22.8 Å². The number of carbonyl (C=O) groups excluding carboxylic acids is 1. The summed E-state index contributed by atoms with van der Waals surface area (Å²) in [6.07, 6.45) is 3.79. The lowest BCUT2D eigenvalue weighted by Gasteiger charge is -2.32. The number of para-hydroxylation sites is 1. The highest BCUT2D eigenvalue weighted by Crippen LogP contribution is 2.36. The summed E-state index contributed by atoms with van der Waals surface area (Å²) in [4.78, 5) is 18.5. The quantitative estimate of drug-likeness (QED) is 0.431. The summed E-state index contributed by atoms with van der Waals surface area (Å²) >= 11 is 6.21. The summed E-state index contributed by atoms with van der Waals surface area (Å²) in [5.74, 6) is 0.000617. The average Bonchev–Trinajstić information content (AvgIpc) is 3.37. The van der Waals surface area contributed by atoms with Crippen molar-refractivity contribution in [1.29, 1.82) is 0 Å². The molecule has 4 aromatic rings. The van der Waals surface area contributed by atoms with Crippen LogP contribution in [0.15, 0.2) is 53.2 Å². The van der Waals surface area contributed by atoms with Crippen LogP contribution in [0, 0.1) is 12.7 Å². The van der Waals surface area contributed by atoms with Crippen molar-refractivity contribution in [2.24, 2.45) is 0 Å². The van der Waals surface area contributed by atoms with Crippen molar-refractivity contribution in [3.05, 3.63) is 76.4 Å². The maximum atomic E-state index is 14.5. The Bertz CT molecular complexity index is 1250. The lowest BCUT2D eigenvalue weighted by Crippen LogP contribution is -2.38. The molecule has 158 valence electrons. The molecule has 1 N–H and O–H groups in total. The first-order chi connectivity index (χ1) is 15.0. The SMILES string of the molecule is Cc1onc(-c2c(F)cccc2Cl)c1C(=O)N1CCC(c2c[nH]c3ccccc23)CC1. The Morgan fingerprint density at radius 2 is 1.97 bits per heavy atom. The number of aryl methyl sites for hydroxylation is 1. The number of nitrogens with zero attached hydrogens (tertiary/aromatic N) is 2. The van der Waals surface area contributed by atoms with Gasteiger partial charge in [0.25, 0.3) is 5.91 Å². The fourth-order valence-corrected chi connectivity index (χ4v) is 4.75. The Morgan fingerprint density at radius 1 is 1.19 bits per heavy atom. The predicted octanol–water partition coefficient (Wildman–Crippen LogP) is 5.94. The topological polar surface area (TPSA) is 62.1 Å². The van der Waals surface area contributed by atoms with Crippen molar-refractivity contribution in [2.75, 3.05) is 13.1 Å². The zero-order valence-corrected chi connectivity index (χ0v) is 17.7. The number of hydrogen-bond acceptors (Lipinski definition) is 3. The number of hydrogen-bond donors (Lipinski definition) is 1. The van der Waals surface area contributed by atoms with Crippen molar-refractivity contribution in [3.63, 3.8) is 0 Å². The van der Waals surface area contributed by atoms with Crippen LogP contribution < -0.4 is 0 Å². The molecular formula is C24H21ClFN3O2. The number of nitrogens with one attached hydrogen (secondary N) is 1. The second kappa shape index (κ2) is 7.85. The number of aromatic nitrogens is 2. The third kappa shape index (κ3) is 3.41. The van der Waals surface area contributed by atoms with Crippen molar-refractivity contribution < 1.29 is 13.7 Å². The third-order valence-electron chi connectivity index (χ3n) is 6.12. The minimum absolute atomic E-state index is 0.0954. The molecule has 1 fully saturated rings. The molecule has 1 aliphatic heterocycles. The van der Waals surface area contributed by atoms with Crippen LogP contribution in [0.3, 0.4) is 0 Å². The molecule has 0 radical (unpaired) electrons. The van der Waals surface area contributed by atoms with Crippen LogP contribution in [0.1, 0.15) is 40.4 Å². The van der Waals surface area contributed by atoms with E-state index in [1.807, 2.05) is 12.1 Å². The van der Waals surface area contributed by atoms with Crippen LogP contribution in [-0.2, 0) is 0 Å². The Kier molecular flexibility index (Phi) is 5.02. The zero-order chi connectivity index (χ0) is 21.5. The molecule has 0 spiro atoms.